The predicted molar refractivity (Wildman–Crippen MR) is 80.2 cm³/mol. The van der Waals surface area contributed by atoms with Gasteiger partial charge in [0.1, 0.15) is 5.92 Å². The Balaban J connectivity index is 1.82. The van der Waals surface area contributed by atoms with Gasteiger partial charge in [0.15, 0.2) is 0 Å². The number of halogens is 1. The molecule has 6 heteroatoms. The zero-order valence-corrected chi connectivity index (χ0v) is 12.5. The highest BCUT2D eigenvalue weighted by Crippen LogP contribution is 2.40. The van der Waals surface area contributed by atoms with Crippen LogP contribution in [0.1, 0.15) is 0 Å². The van der Waals surface area contributed by atoms with E-state index in [1.165, 1.54) is 0 Å². The van der Waals surface area contributed by atoms with Crippen molar-refractivity contribution in [2.75, 3.05) is 5.32 Å². The van der Waals surface area contributed by atoms with Crippen molar-refractivity contribution in [3.05, 3.63) is 40.0 Å². The molecule has 0 spiro atoms. The second-order valence-electron chi connectivity index (χ2n) is 4.81. The molecule has 5 nitrogen and oxygen atoms in total. The number of anilines is 1. The Morgan fingerprint density at radius 2 is 1.80 bits per heavy atom. The van der Waals surface area contributed by atoms with E-state index in [2.05, 4.69) is 27.9 Å². The highest BCUT2D eigenvalue weighted by molar-refractivity contribution is 14.1. The molecule has 1 saturated heterocycles. The lowest BCUT2D eigenvalue weighted by atomic mass is 9.82. The summed E-state index contributed by atoms with van der Waals surface area (Å²) in [5.41, 5.74) is 0.689. The molecule has 1 fully saturated rings. The Labute approximate surface area is 129 Å². The zero-order valence-electron chi connectivity index (χ0n) is 10.3. The number of aliphatic carboxylic acids is 1. The van der Waals surface area contributed by atoms with Crippen molar-refractivity contribution in [3.8, 4) is 0 Å². The normalized spacial score (nSPS) is 30.4. The fourth-order valence-electron chi connectivity index (χ4n) is 2.69. The van der Waals surface area contributed by atoms with Crippen LogP contribution in [0.5, 0.6) is 0 Å². The molecule has 1 aromatic carbocycles. The first-order valence-electron chi connectivity index (χ1n) is 6.20. The second-order valence-corrected chi connectivity index (χ2v) is 5.97. The molecule has 2 N–H and O–H groups in total. The van der Waals surface area contributed by atoms with Crippen LogP contribution in [0, 0.1) is 15.4 Å². The predicted octanol–water partition coefficient (Wildman–Crippen LogP) is 1.88. The Kier molecular flexibility index (Phi) is 3.51. The summed E-state index contributed by atoms with van der Waals surface area (Å²) >= 11 is 2.12. The lowest BCUT2D eigenvalue weighted by molar-refractivity contribution is -0.145. The van der Waals surface area contributed by atoms with E-state index in [1.807, 2.05) is 18.2 Å². The fraction of sp³-hybridized carbons (Fsp3) is 0.286. The number of benzene rings is 1. The third-order valence-corrected chi connectivity index (χ3v) is 4.56. The third kappa shape index (κ3) is 2.22. The van der Waals surface area contributed by atoms with Gasteiger partial charge in [-0.2, -0.15) is 0 Å². The summed E-state index contributed by atoms with van der Waals surface area (Å²) in [6.07, 6.45) is 2.55. The first-order valence-corrected chi connectivity index (χ1v) is 7.28. The summed E-state index contributed by atoms with van der Waals surface area (Å²) in [7, 11) is 0. The van der Waals surface area contributed by atoms with Crippen LogP contribution in [0.15, 0.2) is 36.4 Å². The maximum atomic E-state index is 12.4. The summed E-state index contributed by atoms with van der Waals surface area (Å²) in [5.74, 6) is -2.80. The van der Waals surface area contributed by atoms with Crippen LogP contribution in [0.3, 0.4) is 0 Å². The van der Waals surface area contributed by atoms with Gasteiger partial charge in [-0.15, -0.1) is 0 Å². The van der Waals surface area contributed by atoms with Gasteiger partial charge in [0.2, 0.25) is 5.91 Å². The van der Waals surface area contributed by atoms with Crippen molar-refractivity contribution >= 4 is 40.2 Å². The Bertz CT molecular complexity index is 601. The maximum absolute atomic E-state index is 12.4. The Hall–Kier alpha value is -1.41. The van der Waals surface area contributed by atoms with E-state index in [-0.39, 0.29) is 5.91 Å². The van der Waals surface area contributed by atoms with Gasteiger partial charge in [-0.05, 0) is 34.7 Å². The molecule has 0 unspecified atom stereocenters. The van der Waals surface area contributed by atoms with Gasteiger partial charge >= 0.3 is 5.97 Å². The maximum Gasteiger partial charge on any atom is 0.310 e. The smallest absolute Gasteiger partial charge is 0.310 e. The molecule has 3 rings (SSSR count). The van der Waals surface area contributed by atoms with Crippen molar-refractivity contribution < 1.29 is 19.4 Å². The Morgan fingerprint density at radius 1 is 1.15 bits per heavy atom. The minimum Gasteiger partial charge on any atom is -0.481 e. The summed E-state index contributed by atoms with van der Waals surface area (Å²) in [6, 6.07) is 7.37. The summed E-state index contributed by atoms with van der Waals surface area (Å²) < 4.78 is 6.40. The van der Waals surface area contributed by atoms with Crippen molar-refractivity contribution in [1.29, 1.82) is 0 Å². The van der Waals surface area contributed by atoms with Crippen molar-refractivity contribution in [2.45, 2.75) is 12.2 Å². The minimum absolute atomic E-state index is 0.307. The van der Waals surface area contributed by atoms with Gasteiger partial charge in [0, 0.05) is 3.57 Å². The van der Waals surface area contributed by atoms with Crippen LogP contribution in [0.25, 0.3) is 0 Å². The molecule has 2 bridgehead atoms. The average molecular weight is 385 g/mol. The van der Waals surface area contributed by atoms with E-state index < -0.39 is 30.0 Å². The fourth-order valence-corrected chi connectivity index (χ4v) is 3.22. The van der Waals surface area contributed by atoms with Crippen LogP contribution in [-0.4, -0.2) is 29.2 Å². The second kappa shape index (κ2) is 5.17. The number of rotatable bonds is 3. The molecule has 20 heavy (non-hydrogen) atoms. The largest absolute Gasteiger partial charge is 0.481 e. The molecule has 0 saturated carbocycles. The lowest BCUT2D eigenvalue weighted by Gasteiger charge is -2.21. The number of carbonyl (C=O) groups excluding carboxylic acids is 1. The molecule has 1 aromatic rings. The molecule has 0 aromatic heterocycles. The van der Waals surface area contributed by atoms with Gasteiger partial charge in [-0.25, -0.2) is 0 Å². The van der Waals surface area contributed by atoms with Gasteiger partial charge in [0.25, 0.3) is 0 Å². The highest BCUT2D eigenvalue weighted by atomic mass is 127. The van der Waals surface area contributed by atoms with Gasteiger partial charge in [0.05, 0.1) is 23.8 Å². The van der Waals surface area contributed by atoms with E-state index >= 15 is 0 Å². The average Bonchev–Trinajstić information content (AvgIpc) is 3.01. The number of amides is 1. The number of ether oxygens (including phenoxy) is 1. The summed E-state index contributed by atoms with van der Waals surface area (Å²) in [5, 5.41) is 12.1. The molecule has 2 heterocycles. The van der Waals surface area contributed by atoms with E-state index in [4.69, 9.17) is 4.74 Å². The van der Waals surface area contributed by atoms with Crippen LogP contribution >= 0.6 is 22.6 Å². The highest BCUT2D eigenvalue weighted by Gasteiger charge is 2.53. The van der Waals surface area contributed by atoms with Crippen LogP contribution < -0.4 is 5.32 Å². The molecule has 0 aliphatic carbocycles. The molecule has 2 aliphatic heterocycles. The van der Waals surface area contributed by atoms with Crippen molar-refractivity contribution in [1.82, 2.24) is 0 Å². The lowest BCUT2D eigenvalue weighted by Crippen LogP contribution is -2.39. The molecule has 104 valence electrons. The molecule has 4 atom stereocenters. The SMILES string of the molecule is O=C(O)[C@@H]1[C@@H](C(=O)Nc2ccccc2I)[C@H]2C=C[C@@H]1O2. The topological polar surface area (TPSA) is 75.6 Å². The first kappa shape index (κ1) is 13.6. The summed E-state index contributed by atoms with van der Waals surface area (Å²) in [6.45, 7) is 0. The van der Waals surface area contributed by atoms with Crippen LogP contribution in [-0.2, 0) is 14.3 Å². The number of carbonyl (C=O) groups is 2. The molecular weight excluding hydrogens is 373 g/mol. The van der Waals surface area contributed by atoms with E-state index in [0.717, 1.165) is 3.57 Å². The molecular formula is C14H12INO4. The monoisotopic (exact) mass is 385 g/mol. The van der Waals surface area contributed by atoms with Gasteiger partial charge < -0.3 is 15.2 Å². The Morgan fingerprint density at radius 3 is 2.45 bits per heavy atom. The van der Waals surface area contributed by atoms with Crippen LogP contribution in [0.4, 0.5) is 5.69 Å². The van der Waals surface area contributed by atoms with Crippen molar-refractivity contribution in [2.24, 2.45) is 11.8 Å². The molecule has 2 aliphatic rings. The number of hydrogen-bond acceptors (Lipinski definition) is 3. The van der Waals surface area contributed by atoms with Gasteiger partial charge in [-0.1, -0.05) is 24.3 Å². The quantitative estimate of drug-likeness (QED) is 0.616. The minimum atomic E-state index is -0.996. The molecule has 1 amide bonds. The molecule has 0 radical (unpaired) electrons. The van der Waals surface area contributed by atoms with Crippen LogP contribution in [0.2, 0.25) is 0 Å². The van der Waals surface area contributed by atoms with E-state index in [1.54, 1.807) is 18.2 Å². The first-order chi connectivity index (χ1) is 9.58. The zero-order chi connectivity index (χ0) is 14.3. The number of para-hydroxylation sites is 1. The summed E-state index contributed by atoms with van der Waals surface area (Å²) in [4.78, 5) is 23.7. The number of hydrogen-bond donors (Lipinski definition) is 2. The number of carboxylic acid groups (broad SMARTS) is 1. The third-order valence-electron chi connectivity index (χ3n) is 3.62. The van der Waals surface area contributed by atoms with Crippen molar-refractivity contribution in [3.63, 3.8) is 0 Å². The van der Waals surface area contributed by atoms with E-state index in [0.29, 0.717) is 5.69 Å². The van der Waals surface area contributed by atoms with E-state index in [9.17, 15) is 14.7 Å². The number of carboxylic acids is 1. The standard InChI is InChI=1S/C14H12INO4/c15-7-3-1-2-4-8(7)16-13(17)11-9-5-6-10(20-9)12(11)14(18)19/h1-6,9-12H,(H,16,17)(H,18,19)/t9-,10+,11+,12+/m1/s1. The van der Waals surface area contributed by atoms with Gasteiger partial charge in [-0.3, -0.25) is 9.59 Å². The number of fused-ring (bicyclic) bond motifs is 2. The number of nitrogens with one attached hydrogen (secondary N) is 1.